The van der Waals surface area contributed by atoms with Crippen molar-refractivity contribution in [2.75, 3.05) is 0 Å². The Kier molecular flexibility index (Phi) is 2.88. The van der Waals surface area contributed by atoms with Crippen LogP contribution in [0.25, 0.3) is 0 Å². The molecule has 1 N–H and O–H groups in total. The second kappa shape index (κ2) is 4.41. The molecule has 1 aliphatic rings. The third kappa shape index (κ3) is 1.93. The molecule has 2 nitrogen and oxygen atoms in total. The van der Waals surface area contributed by atoms with Crippen LogP contribution < -0.4 is 4.74 Å². The molecule has 3 heteroatoms. The number of ether oxygens (including phenoxy) is 1. The second-order valence-electron chi connectivity index (χ2n) is 4.87. The maximum absolute atomic E-state index is 10.3. The van der Waals surface area contributed by atoms with Crippen molar-refractivity contribution in [3.63, 3.8) is 0 Å². The van der Waals surface area contributed by atoms with Crippen LogP contribution in [-0.2, 0) is 0 Å². The average molecular weight is 260 g/mol. The van der Waals surface area contributed by atoms with E-state index in [1.807, 2.05) is 25.1 Å². The fraction of sp³-hybridized carbons (Fsp3) is 0.333. The van der Waals surface area contributed by atoms with Crippen LogP contribution in [0.5, 0.6) is 5.75 Å². The molecule has 0 amide bonds. The predicted molar refractivity (Wildman–Crippen MR) is 73.2 cm³/mol. The zero-order chi connectivity index (χ0) is 12.7. The summed E-state index contributed by atoms with van der Waals surface area (Å²) in [5.74, 6) is 0.817. The predicted octanol–water partition coefficient (Wildman–Crippen LogP) is 3.92. The molecule has 0 saturated heterocycles. The molecule has 0 bridgehead atoms. The molecule has 2 atom stereocenters. The number of aryl methyl sites for hydroxylation is 2. The summed E-state index contributed by atoms with van der Waals surface area (Å²) in [6, 6.07) is 8.09. The second-order valence-corrected chi connectivity index (χ2v) is 5.81. The van der Waals surface area contributed by atoms with E-state index in [1.165, 1.54) is 10.4 Å². The highest BCUT2D eigenvalue weighted by molar-refractivity contribution is 7.10. The van der Waals surface area contributed by atoms with Gasteiger partial charge in [-0.1, -0.05) is 11.6 Å². The number of aliphatic hydroxyl groups is 1. The van der Waals surface area contributed by atoms with Crippen LogP contribution in [0.4, 0.5) is 0 Å². The summed E-state index contributed by atoms with van der Waals surface area (Å²) in [5, 5.41) is 12.3. The van der Waals surface area contributed by atoms with Crippen molar-refractivity contribution in [2.45, 2.75) is 32.5 Å². The summed E-state index contributed by atoms with van der Waals surface area (Å²) in [4.78, 5) is 1.22. The van der Waals surface area contributed by atoms with Gasteiger partial charge in [0.25, 0.3) is 0 Å². The van der Waals surface area contributed by atoms with Crippen molar-refractivity contribution in [3.8, 4) is 5.75 Å². The lowest BCUT2D eigenvalue weighted by Crippen LogP contribution is -2.18. The third-order valence-corrected chi connectivity index (χ3v) is 4.54. The molecule has 3 rings (SSSR count). The lowest BCUT2D eigenvalue weighted by molar-refractivity contribution is 0.0671. The Morgan fingerprint density at radius 1 is 1.28 bits per heavy atom. The van der Waals surface area contributed by atoms with Crippen LogP contribution in [0.3, 0.4) is 0 Å². The van der Waals surface area contributed by atoms with Crippen molar-refractivity contribution in [3.05, 3.63) is 51.2 Å². The molecule has 2 aromatic rings. The molecule has 0 fully saturated rings. The number of fused-ring (bicyclic) bond motifs is 1. The third-order valence-electron chi connectivity index (χ3n) is 3.42. The van der Waals surface area contributed by atoms with Crippen LogP contribution in [0, 0.1) is 13.8 Å². The zero-order valence-electron chi connectivity index (χ0n) is 10.5. The summed E-state index contributed by atoms with van der Waals surface area (Å²) in [6.07, 6.45) is 0.188. The molecule has 0 saturated carbocycles. The van der Waals surface area contributed by atoms with E-state index in [0.717, 1.165) is 16.9 Å². The van der Waals surface area contributed by atoms with Crippen molar-refractivity contribution in [1.29, 1.82) is 0 Å². The van der Waals surface area contributed by atoms with Gasteiger partial charge in [-0.05, 0) is 43.0 Å². The first kappa shape index (κ1) is 11.8. The standard InChI is InChI=1S/C15H16O2S/c1-9-3-4-13-11(7-9)12(16)8-14(17-13)15-10(2)5-6-18-15/h3-7,12,14,16H,8H2,1-2H3/t12-,14?/m1/s1. The minimum absolute atomic E-state index is 0.0183. The van der Waals surface area contributed by atoms with E-state index in [2.05, 4.69) is 18.4 Å². The first-order valence-electron chi connectivity index (χ1n) is 6.14. The molecular formula is C15H16O2S. The SMILES string of the molecule is Cc1ccc2c(c1)[C@H](O)CC(c1sccc1C)O2. The Labute approximate surface area is 111 Å². The van der Waals surface area contributed by atoms with Gasteiger partial charge in [0.1, 0.15) is 11.9 Å². The van der Waals surface area contributed by atoms with Gasteiger partial charge in [-0.3, -0.25) is 0 Å². The number of thiophene rings is 1. The van der Waals surface area contributed by atoms with Crippen LogP contribution in [0.1, 0.15) is 40.2 Å². The number of hydrogen-bond donors (Lipinski definition) is 1. The molecule has 0 aliphatic carbocycles. The van der Waals surface area contributed by atoms with Gasteiger partial charge in [0.15, 0.2) is 0 Å². The van der Waals surface area contributed by atoms with E-state index in [9.17, 15) is 5.11 Å². The Morgan fingerprint density at radius 2 is 2.11 bits per heavy atom. The Morgan fingerprint density at radius 3 is 2.83 bits per heavy atom. The summed E-state index contributed by atoms with van der Waals surface area (Å²) < 4.78 is 6.03. The van der Waals surface area contributed by atoms with Gasteiger partial charge in [0.05, 0.1) is 6.10 Å². The van der Waals surface area contributed by atoms with Crippen LogP contribution in [-0.4, -0.2) is 5.11 Å². The molecular weight excluding hydrogens is 244 g/mol. The van der Waals surface area contributed by atoms with Gasteiger partial charge in [0, 0.05) is 16.9 Å². The van der Waals surface area contributed by atoms with Crippen LogP contribution in [0.2, 0.25) is 0 Å². The first-order chi connectivity index (χ1) is 8.65. The van der Waals surface area contributed by atoms with E-state index >= 15 is 0 Å². The molecule has 94 valence electrons. The summed E-state index contributed by atoms with van der Waals surface area (Å²) in [5.41, 5.74) is 3.32. The van der Waals surface area contributed by atoms with Crippen molar-refractivity contribution < 1.29 is 9.84 Å². The maximum Gasteiger partial charge on any atom is 0.136 e. The first-order valence-corrected chi connectivity index (χ1v) is 7.02. The maximum atomic E-state index is 10.3. The normalized spacial score (nSPS) is 22.4. The molecule has 1 aliphatic heterocycles. The molecule has 2 heterocycles. The summed E-state index contributed by atoms with van der Waals surface area (Å²) >= 11 is 1.70. The van der Waals surface area contributed by atoms with E-state index in [0.29, 0.717) is 6.42 Å². The zero-order valence-corrected chi connectivity index (χ0v) is 11.3. The van der Waals surface area contributed by atoms with Gasteiger partial charge in [-0.2, -0.15) is 0 Å². The lowest BCUT2D eigenvalue weighted by atomic mass is 9.96. The van der Waals surface area contributed by atoms with E-state index in [1.54, 1.807) is 11.3 Å². The number of benzene rings is 1. The quantitative estimate of drug-likeness (QED) is 0.842. The highest BCUT2D eigenvalue weighted by Crippen LogP contribution is 2.42. The molecule has 0 spiro atoms. The number of aliphatic hydroxyl groups excluding tert-OH is 1. The Hall–Kier alpha value is -1.32. The molecule has 0 radical (unpaired) electrons. The van der Waals surface area contributed by atoms with Crippen LogP contribution >= 0.6 is 11.3 Å². The van der Waals surface area contributed by atoms with Crippen molar-refractivity contribution in [2.24, 2.45) is 0 Å². The van der Waals surface area contributed by atoms with Crippen molar-refractivity contribution >= 4 is 11.3 Å². The molecule has 1 unspecified atom stereocenters. The van der Waals surface area contributed by atoms with Crippen LogP contribution in [0.15, 0.2) is 29.6 Å². The Balaban J connectivity index is 1.97. The van der Waals surface area contributed by atoms with E-state index < -0.39 is 6.10 Å². The minimum Gasteiger partial charge on any atom is -0.484 e. The van der Waals surface area contributed by atoms with Gasteiger partial charge in [-0.15, -0.1) is 11.3 Å². The summed E-state index contributed by atoms with van der Waals surface area (Å²) in [6.45, 7) is 4.12. The smallest absolute Gasteiger partial charge is 0.136 e. The number of hydrogen-bond acceptors (Lipinski definition) is 3. The van der Waals surface area contributed by atoms with Gasteiger partial charge >= 0.3 is 0 Å². The topological polar surface area (TPSA) is 29.5 Å². The molecule has 18 heavy (non-hydrogen) atoms. The minimum atomic E-state index is -0.430. The van der Waals surface area contributed by atoms with E-state index in [4.69, 9.17) is 4.74 Å². The van der Waals surface area contributed by atoms with Gasteiger partial charge < -0.3 is 9.84 Å². The van der Waals surface area contributed by atoms with E-state index in [-0.39, 0.29) is 6.10 Å². The molecule has 1 aromatic heterocycles. The number of rotatable bonds is 1. The van der Waals surface area contributed by atoms with Gasteiger partial charge in [0.2, 0.25) is 0 Å². The fourth-order valence-corrected chi connectivity index (χ4v) is 3.41. The molecule has 1 aromatic carbocycles. The monoisotopic (exact) mass is 260 g/mol. The Bertz CT molecular complexity index is 574. The highest BCUT2D eigenvalue weighted by Gasteiger charge is 2.29. The van der Waals surface area contributed by atoms with Gasteiger partial charge in [-0.25, -0.2) is 0 Å². The highest BCUT2D eigenvalue weighted by atomic mass is 32.1. The fourth-order valence-electron chi connectivity index (χ4n) is 2.44. The lowest BCUT2D eigenvalue weighted by Gasteiger charge is -2.29. The average Bonchev–Trinajstić information content (AvgIpc) is 2.76. The summed E-state index contributed by atoms with van der Waals surface area (Å²) in [7, 11) is 0. The van der Waals surface area contributed by atoms with Crippen molar-refractivity contribution in [1.82, 2.24) is 0 Å². The largest absolute Gasteiger partial charge is 0.484 e.